The van der Waals surface area contributed by atoms with Gasteiger partial charge in [-0.2, -0.15) is 0 Å². The zero-order valence-corrected chi connectivity index (χ0v) is 11.8. The molecular formula is C12H18BrN3O. The molecule has 0 bridgehead atoms. The lowest BCUT2D eigenvalue weighted by Gasteiger charge is -2.29. The molecule has 1 aromatic heterocycles. The van der Waals surface area contributed by atoms with Gasteiger partial charge in [0.1, 0.15) is 22.7 Å². The Kier molecular flexibility index (Phi) is 4.20. The van der Waals surface area contributed by atoms with Crippen LogP contribution in [0.1, 0.15) is 32.6 Å². The van der Waals surface area contributed by atoms with E-state index in [0.717, 1.165) is 16.7 Å². The minimum Gasteiger partial charge on any atom is -0.473 e. The van der Waals surface area contributed by atoms with Crippen molar-refractivity contribution >= 4 is 21.7 Å². The maximum Gasteiger partial charge on any atom is 0.233 e. The molecule has 2 atom stereocenters. The Morgan fingerprint density at radius 2 is 2.12 bits per heavy atom. The van der Waals surface area contributed by atoms with Gasteiger partial charge in [-0.05, 0) is 41.1 Å². The van der Waals surface area contributed by atoms with Crippen molar-refractivity contribution in [1.82, 2.24) is 9.97 Å². The Hall–Kier alpha value is -0.840. The summed E-state index contributed by atoms with van der Waals surface area (Å²) < 4.78 is 6.81. The first-order chi connectivity index (χ1) is 8.22. The average molecular weight is 300 g/mol. The molecule has 1 aliphatic rings. The molecule has 2 unspecified atom stereocenters. The number of hydrogen-bond acceptors (Lipinski definition) is 4. The Morgan fingerprint density at radius 3 is 2.82 bits per heavy atom. The van der Waals surface area contributed by atoms with Crippen molar-refractivity contribution in [3.63, 3.8) is 0 Å². The van der Waals surface area contributed by atoms with Gasteiger partial charge in [0.25, 0.3) is 0 Å². The summed E-state index contributed by atoms with van der Waals surface area (Å²) in [5.41, 5.74) is 0. The minimum atomic E-state index is 0.277. The number of hydrogen-bond donors (Lipinski definition) is 1. The molecule has 94 valence electrons. The number of aromatic nitrogens is 2. The number of nitrogens with zero attached hydrogens (tertiary/aromatic N) is 2. The van der Waals surface area contributed by atoms with E-state index in [1.807, 2.05) is 7.05 Å². The smallest absolute Gasteiger partial charge is 0.233 e. The van der Waals surface area contributed by atoms with Crippen molar-refractivity contribution in [2.45, 2.75) is 38.7 Å². The Labute approximate surface area is 110 Å². The quantitative estimate of drug-likeness (QED) is 0.931. The first-order valence-electron chi connectivity index (χ1n) is 6.07. The van der Waals surface area contributed by atoms with Crippen LogP contribution in [-0.2, 0) is 0 Å². The van der Waals surface area contributed by atoms with E-state index in [9.17, 15) is 0 Å². The second-order valence-electron chi connectivity index (χ2n) is 4.51. The van der Waals surface area contributed by atoms with Gasteiger partial charge in [-0.3, -0.25) is 0 Å². The van der Waals surface area contributed by atoms with E-state index < -0.39 is 0 Å². The van der Waals surface area contributed by atoms with Gasteiger partial charge in [0, 0.05) is 7.05 Å². The zero-order valence-electron chi connectivity index (χ0n) is 10.2. The lowest BCUT2D eigenvalue weighted by atomic mass is 9.88. The Morgan fingerprint density at radius 1 is 1.35 bits per heavy atom. The van der Waals surface area contributed by atoms with Gasteiger partial charge in [-0.25, -0.2) is 9.97 Å². The summed E-state index contributed by atoms with van der Waals surface area (Å²) >= 11 is 3.48. The number of halogens is 1. The second-order valence-corrected chi connectivity index (χ2v) is 5.30. The highest BCUT2D eigenvalue weighted by molar-refractivity contribution is 9.10. The van der Waals surface area contributed by atoms with E-state index in [-0.39, 0.29) is 6.10 Å². The number of ether oxygens (including phenoxy) is 1. The van der Waals surface area contributed by atoms with Crippen LogP contribution in [0.25, 0.3) is 0 Å². The van der Waals surface area contributed by atoms with E-state index >= 15 is 0 Å². The third-order valence-corrected chi connectivity index (χ3v) is 4.00. The van der Waals surface area contributed by atoms with E-state index in [1.165, 1.54) is 25.6 Å². The molecule has 0 aromatic carbocycles. The fourth-order valence-corrected chi connectivity index (χ4v) is 2.71. The van der Waals surface area contributed by atoms with E-state index in [4.69, 9.17) is 4.74 Å². The number of nitrogens with one attached hydrogen (secondary N) is 1. The topological polar surface area (TPSA) is 47.0 Å². The fraction of sp³-hybridized carbons (Fsp3) is 0.667. The van der Waals surface area contributed by atoms with Crippen molar-refractivity contribution in [3.8, 4) is 5.88 Å². The zero-order chi connectivity index (χ0) is 12.3. The summed E-state index contributed by atoms with van der Waals surface area (Å²) in [7, 11) is 1.83. The van der Waals surface area contributed by atoms with Crippen molar-refractivity contribution in [2.24, 2.45) is 5.92 Å². The summed E-state index contributed by atoms with van der Waals surface area (Å²) in [6.07, 6.45) is 6.72. The molecular weight excluding hydrogens is 282 g/mol. The first-order valence-corrected chi connectivity index (χ1v) is 6.86. The first kappa shape index (κ1) is 12.6. The third-order valence-electron chi connectivity index (χ3n) is 3.29. The van der Waals surface area contributed by atoms with Gasteiger partial charge < -0.3 is 10.1 Å². The van der Waals surface area contributed by atoms with Crippen molar-refractivity contribution in [1.29, 1.82) is 0 Å². The van der Waals surface area contributed by atoms with Crippen LogP contribution in [0.4, 0.5) is 5.82 Å². The molecule has 1 heterocycles. The maximum atomic E-state index is 6.00. The highest BCUT2D eigenvalue weighted by Gasteiger charge is 2.24. The number of rotatable bonds is 3. The largest absolute Gasteiger partial charge is 0.473 e. The van der Waals surface area contributed by atoms with E-state index in [0.29, 0.717) is 11.8 Å². The summed E-state index contributed by atoms with van der Waals surface area (Å²) in [6, 6.07) is 0. The lowest BCUT2D eigenvalue weighted by molar-refractivity contribution is 0.0966. The predicted molar refractivity (Wildman–Crippen MR) is 71.3 cm³/mol. The Balaban J connectivity index is 2.12. The highest BCUT2D eigenvalue weighted by Crippen LogP contribution is 2.33. The standard InChI is InChI=1S/C12H18BrN3O/c1-8-5-3-4-6-9(8)17-12-10(13)11(14-2)15-7-16-12/h7-9H,3-6H2,1-2H3,(H,14,15,16). The molecule has 1 N–H and O–H groups in total. The molecule has 17 heavy (non-hydrogen) atoms. The van der Waals surface area contributed by atoms with Gasteiger partial charge >= 0.3 is 0 Å². The van der Waals surface area contributed by atoms with Crippen LogP contribution in [0, 0.1) is 5.92 Å². The molecule has 0 aliphatic heterocycles. The van der Waals surface area contributed by atoms with Crippen LogP contribution in [0.5, 0.6) is 5.88 Å². The second kappa shape index (κ2) is 5.67. The van der Waals surface area contributed by atoms with E-state index in [1.54, 1.807) is 0 Å². The number of anilines is 1. The van der Waals surface area contributed by atoms with Crippen molar-refractivity contribution < 1.29 is 4.74 Å². The van der Waals surface area contributed by atoms with Crippen LogP contribution in [0.15, 0.2) is 10.8 Å². The molecule has 4 nitrogen and oxygen atoms in total. The molecule has 1 aliphatic carbocycles. The molecule has 2 rings (SSSR count). The van der Waals surface area contributed by atoms with Gasteiger partial charge in [-0.15, -0.1) is 0 Å². The van der Waals surface area contributed by atoms with E-state index in [2.05, 4.69) is 38.1 Å². The van der Waals surface area contributed by atoms with Crippen LogP contribution >= 0.6 is 15.9 Å². The summed E-state index contributed by atoms with van der Waals surface area (Å²) in [4.78, 5) is 8.32. The molecule has 0 saturated heterocycles. The van der Waals surface area contributed by atoms with Crippen LogP contribution in [-0.4, -0.2) is 23.1 Å². The fourth-order valence-electron chi connectivity index (χ4n) is 2.21. The molecule has 1 fully saturated rings. The predicted octanol–water partition coefficient (Wildman–Crippen LogP) is 3.24. The molecule has 0 amide bonds. The maximum absolute atomic E-state index is 6.00. The SMILES string of the molecule is CNc1ncnc(OC2CCCCC2C)c1Br. The average Bonchev–Trinajstić information content (AvgIpc) is 2.34. The summed E-state index contributed by atoms with van der Waals surface area (Å²) in [6.45, 7) is 2.25. The highest BCUT2D eigenvalue weighted by atomic mass is 79.9. The molecule has 0 spiro atoms. The third kappa shape index (κ3) is 2.89. The van der Waals surface area contributed by atoms with Crippen LogP contribution in [0.3, 0.4) is 0 Å². The normalized spacial score (nSPS) is 24.4. The summed E-state index contributed by atoms with van der Waals surface area (Å²) in [5.74, 6) is 2.00. The Bertz CT molecular complexity index is 386. The van der Waals surface area contributed by atoms with Gasteiger partial charge in [0.15, 0.2) is 0 Å². The van der Waals surface area contributed by atoms with Crippen molar-refractivity contribution in [2.75, 3.05) is 12.4 Å². The van der Waals surface area contributed by atoms with Gasteiger partial charge in [0.2, 0.25) is 5.88 Å². The molecule has 1 saturated carbocycles. The van der Waals surface area contributed by atoms with Crippen LogP contribution in [0.2, 0.25) is 0 Å². The monoisotopic (exact) mass is 299 g/mol. The molecule has 1 aromatic rings. The summed E-state index contributed by atoms with van der Waals surface area (Å²) in [5, 5.41) is 3.01. The van der Waals surface area contributed by atoms with Gasteiger partial charge in [-0.1, -0.05) is 13.3 Å². The van der Waals surface area contributed by atoms with Gasteiger partial charge in [0.05, 0.1) is 0 Å². The van der Waals surface area contributed by atoms with Crippen LogP contribution < -0.4 is 10.1 Å². The molecule has 0 radical (unpaired) electrons. The lowest BCUT2D eigenvalue weighted by Crippen LogP contribution is -2.28. The molecule has 5 heteroatoms. The minimum absolute atomic E-state index is 0.277. The van der Waals surface area contributed by atoms with Crippen molar-refractivity contribution in [3.05, 3.63) is 10.8 Å².